The number of rotatable bonds is 6. The average Bonchev–Trinajstić information content (AvgIpc) is 2.04. The standard InChI is InChI=1S/C9H19O4P/c1-6-11-14(10,12-7-2)13-9(5)8(3)4/h6-7H2,1-5H3. The summed E-state index contributed by atoms with van der Waals surface area (Å²) in [6.45, 7) is 9.57. The van der Waals surface area contributed by atoms with Crippen LogP contribution in [0.2, 0.25) is 0 Å². The monoisotopic (exact) mass is 222 g/mol. The second-order valence-electron chi connectivity index (χ2n) is 2.93. The van der Waals surface area contributed by atoms with Crippen molar-refractivity contribution in [2.24, 2.45) is 0 Å². The Labute approximate surface area is 85.9 Å². The lowest BCUT2D eigenvalue weighted by molar-refractivity contribution is 0.145. The van der Waals surface area contributed by atoms with Crippen molar-refractivity contribution in [3.8, 4) is 0 Å². The van der Waals surface area contributed by atoms with Gasteiger partial charge in [-0.1, -0.05) is 0 Å². The Hall–Kier alpha value is -0.310. The fourth-order valence-electron chi connectivity index (χ4n) is 0.665. The topological polar surface area (TPSA) is 44.8 Å². The molecule has 0 aromatic carbocycles. The maximum atomic E-state index is 11.8. The third kappa shape index (κ3) is 4.80. The predicted molar refractivity (Wildman–Crippen MR) is 56.0 cm³/mol. The number of hydrogen-bond donors (Lipinski definition) is 0. The van der Waals surface area contributed by atoms with Gasteiger partial charge in [-0.05, 0) is 40.2 Å². The Bertz CT molecular complexity index is 233. The molecule has 0 amide bonds. The maximum absolute atomic E-state index is 11.8. The van der Waals surface area contributed by atoms with Crippen molar-refractivity contribution in [2.45, 2.75) is 34.6 Å². The molecule has 0 N–H and O–H groups in total. The molecule has 0 saturated heterocycles. The first kappa shape index (κ1) is 13.7. The van der Waals surface area contributed by atoms with E-state index in [1.807, 2.05) is 13.8 Å². The van der Waals surface area contributed by atoms with E-state index in [-0.39, 0.29) is 0 Å². The van der Waals surface area contributed by atoms with Crippen molar-refractivity contribution < 1.29 is 18.1 Å². The molecule has 0 aliphatic heterocycles. The minimum absolute atomic E-state index is 0.299. The highest BCUT2D eigenvalue weighted by atomic mass is 31.2. The lowest BCUT2D eigenvalue weighted by Crippen LogP contribution is -1.99. The summed E-state index contributed by atoms with van der Waals surface area (Å²) in [5.41, 5.74) is 0.949. The molecular weight excluding hydrogens is 203 g/mol. The average molecular weight is 222 g/mol. The van der Waals surface area contributed by atoms with Gasteiger partial charge >= 0.3 is 7.82 Å². The van der Waals surface area contributed by atoms with Gasteiger partial charge in [0.15, 0.2) is 0 Å². The third-order valence-corrected chi connectivity index (χ3v) is 3.17. The SMILES string of the molecule is CCOP(=O)(OCC)OC(C)=C(C)C. The van der Waals surface area contributed by atoms with E-state index in [9.17, 15) is 4.57 Å². The van der Waals surface area contributed by atoms with E-state index in [4.69, 9.17) is 13.6 Å². The van der Waals surface area contributed by atoms with Crippen molar-refractivity contribution in [3.05, 3.63) is 11.3 Å². The van der Waals surface area contributed by atoms with Gasteiger partial charge in [0.2, 0.25) is 0 Å². The van der Waals surface area contributed by atoms with E-state index >= 15 is 0 Å². The molecule has 0 aromatic heterocycles. The van der Waals surface area contributed by atoms with Crippen LogP contribution < -0.4 is 0 Å². The Balaban J connectivity index is 4.52. The van der Waals surface area contributed by atoms with Gasteiger partial charge in [-0.3, -0.25) is 9.05 Å². The molecule has 0 radical (unpaired) electrons. The first-order chi connectivity index (χ1) is 6.45. The number of phosphoric ester groups is 1. The van der Waals surface area contributed by atoms with Crippen LogP contribution in [0.15, 0.2) is 11.3 Å². The zero-order valence-corrected chi connectivity index (χ0v) is 10.4. The van der Waals surface area contributed by atoms with Crippen LogP contribution in [0.25, 0.3) is 0 Å². The maximum Gasteiger partial charge on any atom is 0.529 e. The zero-order valence-electron chi connectivity index (χ0n) is 9.49. The zero-order chi connectivity index (χ0) is 11.2. The number of phosphoric acid groups is 1. The highest BCUT2D eigenvalue weighted by Gasteiger charge is 2.27. The highest BCUT2D eigenvalue weighted by Crippen LogP contribution is 2.51. The van der Waals surface area contributed by atoms with Gasteiger partial charge in [0.05, 0.1) is 13.2 Å². The first-order valence-electron chi connectivity index (χ1n) is 4.68. The summed E-state index contributed by atoms with van der Waals surface area (Å²) >= 11 is 0. The van der Waals surface area contributed by atoms with E-state index in [0.29, 0.717) is 19.0 Å². The van der Waals surface area contributed by atoms with Gasteiger partial charge in [0.25, 0.3) is 0 Å². The van der Waals surface area contributed by atoms with Crippen LogP contribution in [0.4, 0.5) is 0 Å². The number of allylic oxidation sites excluding steroid dienone is 2. The third-order valence-electron chi connectivity index (χ3n) is 1.53. The molecule has 4 nitrogen and oxygen atoms in total. The Morgan fingerprint density at radius 2 is 1.50 bits per heavy atom. The summed E-state index contributed by atoms with van der Waals surface area (Å²) in [7, 11) is -3.39. The summed E-state index contributed by atoms with van der Waals surface area (Å²) in [4.78, 5) is 0. The van der Waals surface area contributed by atoms with E-state index in [2.05, 4.69) is 0 Å². The van der Waals surface area contributed by atoms with Crippen LogP contribution in [0.1, 0.15) is 34.6 Å². The molecule has 0 fully saturated rings. The molecule has 84 valence electrons. The van der Waals surface area contributed by atoms with Crippen molar-refractivity contribution in [3.63, 3.8) is 0 Å². The molecule has 0 aliphatic rings. The minimum atomic E-state index is -3.39. The molecule has 0 saturated carbocycles. The van der Waals surface area contributed by atoms with Crippen molar-refractivity contribution >= 4 is 7.82 Å². The molecule has 0 aromatic rings. The fourth-order valence-corrected chi connectivity index (χ4v) is 2.00. The van der Waals surface area contributed by atoms with E-state index < -0.39 is 7.82 Å². The summed E-state index contributed by atoms with van der Waals surface area (Å²) < 4.78 is 26.9. The Kier molecular flexibility index (Phi) is 6.09. The van der Waals surface area contributed by atoms with Crippen LogP contribution in [-0.2, 0) is 18.1 Å². The second-order valence-corrected chi connectivity index (χ2v) is 4.52. The van der Waals surface area contributed by atoms with Crippen LogP contribution in [-0.4, -0.2) is 13.2 Å². The van der Waals surface area contributed by atoms with Crippen molar-refractivity contribution in [2.75, 3.05) is 13.2 Å². The van der Waals surface area contributed by atoms with E-state index in [1.165, 1.54) is 0 Å². The van der Waals surface area contributed by atoms with Crippen molar-refractivity contribution in [1.29, 1.82) is 0 Å². The second kappa shape index (κ2) is 6.23. The first-order valence-corrected chi connectivity index (χ1v) is 6.14. The van der Waals surface area contributed by atoms with Crippen LogP contribution in [0.3, 0.4) is 0 Å². The largest absolute Gasteiger partial charge is 0.529 e. The quantitative estimate of drug-likeness (QED) is 0.509. The highest BCUT2D eigenvalue weighted by molar-refractivity contribution is 7.48. The molecule has 0 atom stereocenters. The van der Waals surface area contributed by atoms with Crippen LogP contribution >= 0.6 is 7.82 Å². The summed E-state index contributed by atoms with van der Waals surface area (Å²) in [6.07, 6.45) is 0. The minimum Gasteiger partial charge on any atom is -0.409 e. The molecule has 14 heavy (non-hydrogen) atoms. The lowest BCUT2D eigenvalue weighted by atomic mass is 10.3. The van der Waals surface area contributed by atoms with Gasteiger partial charge in [-0.15, -0.1) is 0 Å². The van der Waals surface area contributed by atoms with Gasteiger partial charge in [-0.25, -0.2) is 4.57 Å². The van der Waals surface area contributed by atoms with Crippen LogP contribution in [0, 0.1) is 0 Å². The normalized spacial score (nSPS) is 11.2. The van der Waals surface area contributed by atoms with Gasteiger partial charge in [0.1, 0.15) is 5.76 Å². The molecule has 0 rings (SSSR count). The van der Waals surface area contributed by atoms with E-state index in [0.717, 1.165) is 5.57 Å². The Morgan fingerprint density at radius 1 is 1.07 bits per heavy atom. The molecule has 0 aliphatic carbocycles. The Morgan fingerprint density at radius 3 is 1.79 bits per heavy atom. The summed E-state index contributed by atoms with van der Waals surface area (Å²) in [6, 6.07) is 0. The summed E-state index contributed by atoms with van der Waals surface area (Å²) in [5, 5.41) is 0. The van der Waals surface area contributed by atoms with Gasteiger partial charge in [0, 0.05) is 0 Å². The van der Waals surface area contributed by atoms with Crippen molar-refractivity contribution in [1.82, 2.24) is 0 Å². The number of hydrogen-bond acceptors (Lipinski definition) is 4. The fraction of sp³-hybridized carbons (Fsp3) is 0.778. The molecular formula is C9H19O4P. The van der Waals surface area contributed by atoms with Gasteiger partial charge in [-0.2, -0.15) is 0 Å². The summed E-state index contributed by atoms with van der Waals surface area (Å²) in [5.74, 6) is 0.579. The molecule has 0 heterocycles. The van der Waals surface area contributed by atoms with Gasteiger partial charge < -0.3 is 4.52 Å². The molecule has 0 bridgehead atoms. The van der Waals surface area contributed by atoms with Crippen LogP contribution in [0.5, 0.6) is 0 Å². The molecule has 0 spiro atoms. The smallest absolute Gasteiger partial charge is 0.409 e. The molecule has 0 unspecified atom stereocenters. The molecule has 5 heteroatoms. The van der Waals surface area contributed by atoms with E-state index in [1.54, 1.807) is 20.8 Å². The lowest BCUT2D eigenvalue weighted by Gasteiger charge is -2.17. The predicted octanol–water partition coefficient (Wildman–Crippen LogP) is 3.50.